The van der Waals surface area contributed by atoms with Crippen LogP contribution in [0.3, 0.4) is 0 Å². The summed E-state index contributed by atoms with van der Waals surface area (Å²) in [5, 5.41) is 46.9. The molecular weight excluding hydrogens is 390 g/mol. The van der Waals surface area contributed by atoms with Crippen LogP contribution in [0.4, 0.5) is 0 Å². The van der Waals surface area contributed by atoms with Gasteiger partial charge in [-0.25, -0.2) is 0 Å². The van der Waals surface area contributed by atoms with E-state index in [-0.39, 0.29) is 18.4 Å². The van der Waals surface area contributed by atoms with Gasteiger partial charge in [-0.05, 0) is 53.0 Å². The van der Waals surface area contributed by atoms with Gasteiger partial charge in [0.25, 0.3) is 0 Å². The Hall–Kier alpha value is -0.770. The van der Waals surface area contributed by atoms with Crippen LogP contribution >= 0.6 is 0 Å². The third-order valence-corrected chi connectivity index (χ3v) is 6.67. The summed E-state index contributed by atoms with van der Waals surface area (Å²) in [7, 11) is 1.50. The highest BCUT2D eigenvalue weighted by molar-refractivity contribution is 5.73. The first kappa shape index (κ1) is 27.3. The van der Waals surface area contributed by atoms with Crippen molar-refractivity contribution in [1.82, 2.24) is 5.32 Å². The maximum atomic E-state index is 12.8. The fourth-order valence-corrected chi connectivity index (χ4v) is 4.74. The maximum absolute atomic E-state index is 12.8. The Balaban J connectivity index is 3.33. The summed E-state index contributed by atoms with van der Waals surface area (Å²) < 4.78 is 11.2. The van der Waals surface area contributed by atoms with Crippen molar-refractivity contribution in [3.05, 3.63) is 0 Å². The summed E-state index contributed by atoms with van der Waals surface area (Å²) in [5.74, 6) is -2.40. The van der Waals surface area contributed by atoms with Crippen LogP contribution in [0, 0.1) is 17.8 Å². The molecule has 0 aliphatic carbocycles. The molecule has 1 aliphatic heterocycles. The lowest BCUT2D eigenvalue weighted by atomic mass is 9.78. The van der Waals surface area contributed by atoms with E-state index >= 15 is 0 Å². The smallest absolute Gasteiger partial charge is 0.311 e. The van der Waals surface area contributed by atoms with Gasteiger partial charge in [-0.1, -0.05) is 20.8 Å². The monoisotopic (exact) mass is 433 g/mol. The number of carbonyl (C=O) groups is 1. The minimum atomic E-state index is -1.48. The second-order valence-electron chi connectivity index (χ2n) is 9.66. The topological polar surface area (TPSA) is 128 Å². The molecule has 1 heterocycles. The minimum Gasteiger partial charge on any atom is -0.459 e. The molecule has 0 amide bonds. The maximum Gasteiger partial charge on any atom is 0.311 e. The third-order valence-electron chi connectivity index (χ3n) is 6.67. The first-order valence-corrected chi connectivity index (χ1v) is 11.0. The van der Waals surface area contributed by atoms with Crippen molar-refractivity contribution in [2.75, 3.05) is 13.7 Å². The summed E-state index contributed by atoms with van der Waals surface area (Å²) >= 11 is 0. The van der Waals surface area contributed by atoms with Gasteiger partial charge in [-0.2, -0.15) is 0 Å². The van der Waals surface area contributed by atoms with E-state index in [1.807, 2.05) is 13.8 Å². The molecule has 1 aliphatic rings. The molecule has 0 aromatic carbocycles. The van der Waals surface area contributed by atoms with Crippen LogP contribution in [0.5, 0.6) is 0 Å². The fourth-order valence-electron chi connectivity index (χ4n) is 4.74. The number of ether oxygens (including phenoxy) is 2. The summed E-state index contributed by atoms with van der Waals surface area (Å²) in [6.07, 6.45) is -3.33. The van der Waals surface area contributed by atoms with Crippen molar-refractivity contribution in [3.63, 3.8) is 0 Å². The van der Waals surface area contributed by atoms with Crippen molar-refractivity contribution in [3.8, 4) is 0 Å². The highest BCUT2D eigenvalue weighted by Gasteiger charge is 2.46. The molecule has 0 spiro atoms. The second kappa shape index (κ2) is 10.7. The first-order valence-electron chi connectivity index (χ1n) is 11.0. The summed E-state index contributed by atoms with van der Waals surface area (Å²) in [6.45, 7) is 12.4. The lowest BCUT2D eigenvalue weighted by Gasteiger charge is -2.41. The standard InChI is InChI=1S/C22H43NO7/c1-9-16-22(7,28)19(29-8)15(5)23-11-12(2)10-21(6,27)18(25)13(3)17(24)14(4)20(26)30-16/h12-19,23-25,27-28H,9-11H2,1-8H3/t12-,13+,14-,15+,16-,17+,18-,19-,21-,22-/m1/s1. The molecule has 1 rings (SSSR count). The molecule has 5 N–H and O–H groups in total. The zero-order valence-corrected chi connectivity index (χ0v) is 19.8. The van der Waals surface area contributed by atoms with Crippen LogP contribution in [0.25, 0.3) is 0 Å². The predicted molar refractivity (Wildman–Crippen MR) is 114 cm³/mol. The Bertz CT molecular complexity index is 554. The molecule has 0 bridgehead atoms. The van der Waals surface area contributed by atoms with Crippen molar-refractivity contribution in [2.45, 2.75) is 103 Å². The number of esters is 1. The third kappa shape index (κ3) is 6.14. The number of hydrogen-bond acceptors (Lipinski definition) is 8. The number of carbonyl (C=O) groups excluding carboxylic acids is 1. The summed E-state index contributed by atoms with van der Waals surface area (Å²) in [4.78, 5) is 12.8. The van der Waals surface area contributed by atoms with Crippen molar-refractivity contribution < 1.29 is 34.7 Å². The number of cyclic esters (lactones) is 1. The van der Waals surface area contributed by atoms with Gasteiger partial charge in [0.05, 0.1) is 23.7 Å². The number of nitrogens with one attached hydrogen (secondary N) is 1. The van der Waals surface area contributed by atoms with Crippen LogP contribution in [0.15, 0.2) is 0 Å². The molecule has 178 valence electrons. The van der Waals surface area contributed by atoms with Crippen LogP contribution in [-0.2, 0) is 14.3 Å². The zero-order valence-electron chi connectivity index (χ0n) is 19.8. The number of aliphatic hydroxyl groups excluding tert-OH is 2. The van der Waals surface area contributed by atoms with Crippen LogP contribution in [0.2, 0.25) is 0 Å². The Kier molecular flexibility index (Phi) is 9.72. The van der Waals surface area contributed by atoms with Crippen molar-refractivity contribution >= 4 is 5.97 Å². The molecule has 1 fully saturated rings. The number of aliphatic hydroxyl groups is 4. The van der Waals surface area contributed by atoms with E-state index in [1.165, 1.54) is 21.0 Å². The van der Waals surface area contributed by atoms with Gasteiger partial charge in [-0.3, -0.25) is 4.79 Å². The molecule has 0 aromatic rings. The second-order valence-corrected chi connectivity index (χ2v) is 9.66. The highest BCUT2D eigenvalue weighted by Crippen LogP contribution is 2.31. The normalized spacial score (nSPS) is 47.8. The van der Waals surface area contributed by atoms with Gasteiger partial charge in [0, 0.05) is 19.1 Å². The molecule has 10 atom stereocenters. The van der Waals surface area contributed by atoms with E-state index in [0.29, 0.717) is 13.0 Å². The zero-order chi connectivity index (χ0) is 23.4. The number of rotatable bonds is 2. The van der Waals surface area contributed by atoms with E-state index in [9.17, 15) is 25.2 Å². The molecule has 8 nitrogen and oxygen atoms in total. The van der Waals surface area contributed by atoms with E-state index in [0.717, 1.165) is 0 Å². The molecular formula is C22H43NO7. The van der Waals surface area contributed by atoms with Gasteiger partial charge in [-0.15, -0.1) is 0 Å². The average molecular weight is 434 g/mol. The van der Waals surface area contributed by atoms with E-state index in [4.69, 9.17) is 9.47 Å². The molecule has 0 saturated carbocycles. The lowest BCUT2D eigenvalue weighted by Crippen LogP contribution is -2.59. The van der Waals surface area contributed by atoms with E-state index < -0.39 is 53.4 Å². The van der Waals surface area contributed by atoms with Gasteiger partial charge < -0.3 is 35.2 Å². The quantitative estimate of drug-likeness (QED) is 0.405. The van der Waals surface area contributed by atoms with Gasteiger partial charge in [0.1, 0.15) is 17.8 Å². The Morgan fingerprint density at radius 1 is 1.17 bits per heavy atom. The first-order chi connectivity index (χ1) is 13.7. The fraction of sp³-hybridized carbons (Fsp3) is 0.955. The van der Waals surface area contributed by atoms with Crippen molar-refractivity contribution in [1.29, 1.82) is 0 Å². The largest absolute Gasteiger partial charge is 0.459 e. The molecule has 0 aromatic heterocycles. The van der Waals surface area contributed by atoms with Crippen molar-refractivity contribution in [2.24, 2.45) is 17.8 Å². The number of hydrogen-bond donors (Lipinski definition) is 5. The van der Waals surface area contributed by atoms with Crippen LogP contribution < -0.4 is 5.32 Å². The summed E-state index contributed by atoms with van der Waals surface area (Å²) in [5.41, 5.74) is -2.93. The lowest BCUT2D eigenvalue weighted by molar-refractivity contribution is -0.194. The van der Waals surface area contributed by atoms with E-state index in [1.54, 1.807) is 20.8 Å². The predicted octanol–water partition coefficient (Wildman–Crippen LogP) is 0.837. The Labute approximate surface area is 181 Å². The molecule has 8 heteroatoms. The number of methoxy groups -OCH3 is 1. The molecule has 0 radical (unpaired) electrons. The van der Waals surface area contributed by atoms with E-state index in [2.05, 4.69) is 5.32 Å². The average Bonchev–Trinajstić information content (AvgIpc) is 2.66. The Morgan fingerprint density at radius 3 is 2.23 bits per heavy atom. The SMILES string of the molecule is CC[C@H]1OC(=O)[C@H](C)[C@@H](O)[C@H](C)[C@@H](O)[C@](C)(O)C[C@@H](C)CN[C@@H](C)[C@@H](OC)[C@]1(C)O. The summed E-state index contributed by atoms with van der Waals surface area (Å²) in [6, 6.07) is -0.276. The van der Waals surface area contributed by atoms with Gasteiger partial charge in [0.2, 0.25) is 0 Å². The molecule has 30 heavy (non-hydrogen) atoms. The highest BCUT2D eigenvalue weighted by atomic mass is 16.6. The minimum absolute atomic E-state index is 0.00805. The molecule has 1 saturated heterocycles. The van der Waals surface area contributed by atoms with Gasteiger partial charge >= 0.3 is 5.97 Å². The van der Waals surface area contributed by atoms with Crippen LogP contribution in [-0.4, -0.2) is 81.7 Å². The van der Waals surface area contributed by atoms with Crippen LogP contribution in [0.1, 0.15) is 61.3 Å². The molecule has 0 unspecified atom stereocenters. The Morgan fingerprint density at radius 2 is 1.73 bits per heavy atom. The van der Waals surface area contributed by atoms with Gasteiger partial charge in [0.15, 0.2) is 0 Å².